The topological polar surface area (TPSA) is 54.4 Å². The van der Waals surface area contributed by atoms with Gasteiger partial charge in [-0.3, -0.25) is 0 Å². The zero-order chi connectivity index (χ0) is 5.21. The van der Waals surface area contributed by atoms with E-state index in [9.17, 15) is 8.42 Å². The van der Waals surface area contributed by atoms with E-state index < -0.39 is 10.1 Å². The second kappa shape index (κ2) is 2.00. The fourth-order valence-electron chi connectivity index (χ4n) is 0. The van der Waals surface area contributed by atoms with Crippen molar-refractivity contribution in [3.63, 3.8) is 0 Å². The van der Waals surface area contributed by atoms with E-state index in [2.05, 4.69) is 0 Å². The zero-order valence-electron chi connectivity index (χ0n) is 3.09. The molecule has 0 heterocycles. The van der Waals surface area contributed by atoms with Crippen LogP contribution in [0.5, 0.6) is 0 Å². The molecule has 0 aliphatic heterocycles. The van der Waals surface area contributed by atoms with E-state index in [4.69, 9.17) is 4.55 Å². The Labute approximate surface area is 46.2 Å². The van der Waals surface area contributed by atoms with Crippen molar-refractivity contribution in [3.8, 4) is 0 Å². The average molecular weight is 160 g/mol. The van der Waals surface area contributed by atoms with Gasteiger partial charge in [0.05, 0.1) is 0 Å². The van der Waals surface area contributed by atoms with Crippen LogP contribution in [0.1, 0.15) is 0 Å². The van der Waals surface area contributed by atoms with Crippen molar-refractivity contribution in [2.24, 2.45) is 0 Å². The van der Waals surface area contributed by atoms with Gasteiger partial charge in [-0.15, -0.1) is 0 Å². The van der Waals surface area contributed by atoms with Crippen molar-refractivity contribution in [1.29, 1.82) is 0 Å². The monoisotopic (exact) mass is 159 g/mol. The van der Waals surface area contributed by atoms with Crippen LogP contribution < -0.4 is 0 Å². The second-order valence-corrected chi connectivity index (χ2v) is 4.93. The average Bonchev–Trinajstić information content (AvgIpc) is 1.35. The van der Waals surface area contributed by atoms with Crippen LogP contribution in [0, 0.1) is 0 Å². The van der Waals surface area contributed by atoms with Crippen molar-refractivity contribution in [1.82, 2.24) is 0 Å². The van der Waals surface area contributed by atoms with E-state index in [1.165, 1.54) is 0 Å². The van der Waals surface area contributed by atoms with Crippen LogP contribution in [0.25, 0.3) is 0 Å². The van der Waals surface area contributed by atoms with E-state index in [-0.39, 0.29) is 4.35 Å². The van der Waals surface area contributed by atoms with Crippen molar-refractivity contribution in [2.75, 3.05) is 4.35 Å². The van der Waals surface area contributed by atoms with E-state index in [0.717, 1.165) is 0 Å². The summed E-state index contributed by atoms with van der Waals surface area (Å²) in [6.07, 6.45) is 0. The molecule has 0 unspecified atom stereocenters. The zero-order valence-corrected chi connectivity index (χ0v) is 6.87. The first-order valence-corrected chi connectivity index (χ1v) is 5.01. The van der Waals surface area contributed by atoms with Gasteiger partial charge in [-0.25, -0.2) is 0 Å². The molecule has 6 heavy (non-hydrogen) atoms. The van der Waals surface area contributed by atoms with Crippen LogP contribution >= 0.6 is 0 Å². The molecule has 0 amide bonds. The summed E-state index contributed by atoms with van der Waals surface area (Å²) in [6.45, 7) is 0. The summed E-state index contributed by atoms with van der Waals surface area (Å²) < 4.78 is 26.9. The standard InChI is InChI=1S/CH3O3S.Zn/c1-5(2,3)4;/h1H2,(H,2,3,4);. The van der Waals surface area contributed by atoms with Crippen LogP contribution in [-0.4, -0.2) is 17.3 Å². The van der Waals surface area contributed by atoms with Gasteiger partial charge in [0.1, 0.15) is 0 Å². The predicted octanol–water partition coefficient (Wildman–Crippen LogP) is -0.621. The molecule has 0 aromatic carbocycles. The van der Waals surface area contributed by atoms with E-state index >= 15 is 0 Å². The third kappa shape index (κ3) is 4.53. The molecule has 1 N–H and O–H groups in total. The number of hydrogen-bond donors (Lipinski definition) is 1. The van der Waals surface area contributed by atoms with Gasteiger partial charge in [0.2, 0.25) is 0 Å². The molecule has 0 aliphatic carbocycles. The van der Waals surface area contributed by atoms with Gasteiger partial charge in [-0.2, -0.15) is 0 Å². The first kappa shape index (κ1) is 6.53. The molecule has 0 saturated carbocycles. The first-order chi connectivity index (χ1) is 2.56. The van der Waals surface area contributed by atoms with Crippen molar-refractivity contribution in [2.45, 2.75) is 0 Å². The quantitative estimate of drug-likeness (QED) is 0.411. The van der Waals surface area contributed by atoms with Crippen molar-refractivity contribution >= 4 is 10.1 Å². The summed E-state index contributed by atoms with van der Waals surface area (Å²) >= 11 is 0.596. The van der Waals surface area contributed by atoms with E-state index in [0.29, 0.717) is 18.3 Å². The Morgan fingerprint density at radius 1 is 1.67 bits per heavy atom. The van der Waals surface area contributed by atoms with Crippen molar-refractivity contribution < 1.29 is 31.3 Å². The molecule has 0 saturated heterocycles. The van der Waals surface area contributed by atoms with Gasteiger partial charge in [-0.05, 0) is 0 Å². The van der Waals surface area contributed by atoms with Gasteiger partial charge < -0.3 is 0 Å². The molecule has 0 aromatic heterocycles. The summed E-state index contributed by atoms with van der Waals surface area (Å²) in [6, 6.07) is 0. The third-order valence-corrected chi connectivity index (χ3v) is 4.02. The fourth-order valence-corrected chi connectivity index (χ4v) is 0. The van der Waals surface area contributed by atoms with Crippen LogP contribution in [0.15, 0.2) is 0 Å². The molecule has 0 radical (unpaired) electrons. The summed E-state index contributed by atoms with van der Waals surface area (Å²) in [4.78, 5) is 0. The number of rotatable bonds is 1. The molecular formula is CH3O3SZn. The Balaban J connectivity index is 3.85. The Kier molecular flexibility index (Phi) is 2.18. The Morgan fingerprint density at radius 2 is 1.83 bits per heavy atom. The van der Waals surface area contributed by atoms with Crippen LogP contribution in [0.4, 0.5) is 0 Å². The summed E-state index contributed by atoms with van der Waals surface area (Å²) in [5.74, 6) is 0. The van der Waals surface area contributed by atoms with Gasteiger partial charge in [-0.1, -0.05) is 0 Å². The maximum absolute atomic E-state index is 9.59. The molecule has 0 rings (SSSR count). The Morgan fingerprint density at radius 3 is 1.83 bits per heavy atom. The SMILES string of the molecule is O=S(=O)(O)[CH2][Zn]. The summed E-state index contributed by atoms with van der Waals surface area (Å²) in [5.41, 5.74) is 0. The van der Waals surface area contributed by atoms with E-state index in [1.54, 1.807) is 0 Å². The first-order valence-electron chi connectivity index (χ1n) is 1.30. The van der Waals surface area contributed by atoms with Gasteiger partial charge >= 0.3 is 45.7 Å². The van der Waals surface area contributed by atoms with Gasteiger partial charge in [0, 0.05) is 0 Å². The normalized spacial score (nSPS) is 11.8. The fraction of sp³-hybridized carbons (Fsp3) is 1.00. The minimum absolute atomic E-state index is 0.0764. The molecule has 0 spiro atoms. The third-order valence-electron chi connectivity index (χ3n) is 0.258. The van der Waals surface area contributed by atoms with Crippen LogP contribution in [-0.2, 0) is 28.4 Å². The molecule has 0 fully saturated rings. The summed E-state index contributed by atoms with van der Waals surface area (Å²) in [5, 5.41) is 0. The summed E-state index contributed by atoms with van der Waals surface area (Å²) in [7, 11) is -3.61. The van der Waals surface area contributed by atoms with Gasteiger partial charge in [0.25, 0.3) is 0 Å². The predicted molar refractivity (Wildman–Crippen MR) is 16.4 cm³/mol. The van der Waals surface area contributed by atoms with E-state index in [1.807, 2.05) is 0 Å². The molecule has 3 nitrogen and oxygen atoms in total. The minimum atomic E-state index is -3.61. The second-order valence-electron chi connectivity index (χ2n) is 0.786. The Hall–Kier alpha value is 0.533. The molecule has 33 valence electrons. The molecule has 5 heteroatoms. The van der Waals surface area contributed by atoms with Crippen LogP contribution in [0.3, 0.4) is 0 Å². The molecule has 0 aliphatic rings. The molecule has 0 atom stereocenters. The molecular weight excluding hydrogens is 157 g/mol. The van der Waals surface area contributed by atoms with Crippen LogP contribution in [0.2, 0.25) is 0 Å². The number of hydrogen-bond acceptors (Lipinski definition) is 2. The Bertz CT molecular complexity index is 113. The maximum atomic E-state index is 9.59. The molecule has 0 bridgehead atoms. The van der Waals surface area contributed by atoms with Gasteiger partial charge in [0.15, 0.2) is 0 Å². The molecule has 0 aromatic rings. The van der Waals surface area contributed by atoms with Crippen molar-refractivity contribution in [3.05, 3.63) is 0 Å².